The first kappa shape index (κ1) is 23.4. The van der Waals surface area contributed by atoms with Gasteiger partial charge in [-0.2, -0.15) is 0 Å². The number of anilines is 3. The number of nitrogens with zero attached hydrogens (tertiary/aromatic N) is 3. The number of amides is 1. The third kappa shape index (κ3) is 4.79. The van der Waals surface area contributed by atoms with E-state index in [9.17, 15) is 13.6 Å². The van der Waals surface area contributed by atoms with Crippen LogP contribution in [0.1, 0.15) is 12.0 Å². The molecule has 180 valence electrons. The molecule has 1 atom stereocenters. The number of aromatic nitrogens is 2. The molecule has 0 aliphatic carbocycles. The van der Waals surface area contributed by atoms with E-state index in [1.54, 1.807) is 12.3 Å². The van der Waals surface area contributed by atoms with Crippen molar-refractivity contribution in [3.8, 4) is 17.0 Å². The number of alkyl halides is 1. The Labute approximate surface area is 194 Å². The molecule has 1 fully saturated rings. The van der Waals surface area contributed by atoms with Gasteiger partial charge in [0.25, 0.3) is 0 Å². The second-order valence-corrected chi connectivity index (χ2v) is 8.27. The van der Waals surface area contributed by atoms with E-state index >= 15 is 0 Å². The minimum atomic E-state index is -1.24. The van der Waals surface area contributed by atoms with E-state index in [-0.39, 0.29) is 17.1 Å². The predicted molar refractivity (Wildman–Crippen MR) is 127 cm³/mol. The number of nitrogens with one attached hydrogen (secondary N) is 2. The molecule has 9 nitrogen and oxygen atoms in total. The van der Waals surface area contributed by atoms with E-state index in [1.807, 2.05) is 18.9 Å². The summed E-state index contributed by atoms with van der Waals surface area (Å²) in [7, 11) is 1.94. The Morgan fingerprint density at radius 1 is 1.32 bits per heavy atom. The van der Waals surface area contributed by atoms with Crippen LogP contribution in [-0.2, 0) is 0 Å². The van der Waals surface area contributed by atoms with E-state index in [0.717, 1.165) is 24.2 Å². The number of hydrogen-bond donors (Lipinski definition) is 4. The molecule has 2 aromatic heterocycles. The first-order valence-electron chi connectivity index (χ1n) is 10.8. The molecule has 34 heavy (non-hydrogen) atoms. The molecule has 4 heterocycles. The number of carboxylic acid groups (broad SMARTS) is 1. The van der Waals surface area contributed by atoms with Crippen LogP contribution in [0.15, 0.2) is 24.5 Å². The van der Waals surface area contributed by atoms with Crippen molar-refractivity contribution in [2.24, 2.45) is 0 Å². The molecule has 1 unspecified atom stereocenters. The van der Waals surface area contributed by atoms with E-state index in [0.29, 0.717) is 41.9 Å². The number of hydrogen-bond acceptors (Lipinski definition) is 7. The molecular weight excluding hydrogens is 446 g/mol. The molecule has 1 amide bonds. The van der Waals surface area contributed by atoms with Crippen molar-refractivity contribution in [1.29, 1.82) is 0 Å². The van der Waals surface area contributed by atoms with Gasteiger partial charge in [0, 0.05) is 48.5 Å². The van der Waals surface area contributed by atoms with Crippen molar-refractivity contribution in [2.45, 2.75) is 19.5 Å². The maximum Gasteiger partial charge on any atom is 0.410 e. The standard InChI is InChI=1S/C18H16FN5O3.C5H10FN/c1-8-11(6-23-17-16(8)21-2-3-27-17)10-4-9-5-13(24-18(25)26)22-7-12(9)15(20)14(10)19;1-7-3-2-5(6)4-7/h4-7,21H,2-3,20H2,1H3,(H,22,24)(H,25,26);5H,2-4H2,1H3. The van der Waals surface area contributed by atoms with Crippen LogP contribution in [0, 0.1) is 12.7 Å². The number of pyridine rings is 2. The van der Waals surface area contributed by atoms with Gasteiger partial charge in [-0.3, -0.25) is 5.32 Å². The van der Waals surface area contributed by atoms with Crippen LogP contribution < -0.4 is 21.1 Å². The molecule has 0 saturated carbocycles. The third-order valence-corrected chi connectivity index (χ3v) is 5.80. The van der Waals surface area contributed by atoms with Crippen LogP contribution >= 0.6 is 0 Å². The van der Waals surface area contributed by atoms with Crippen LogP contribution in [-0.4, -0.2) is 65.5 Å². The van der Waals surface area contributed by atoms with Gasteiger partial charge in [-0.25, -0.2) is 23.5 Å². The Bertz CT molecular complexity index is 1230. The number of ether oxygens (including phenoxy) is 1. The molecule has 2 aliphatic heterocycles. The molecule has 5 rings (SSSR count). The number of halogens is 2. The average Bonchev–Trinajstić information content (AvgIpc) is 3.19. The summed E-state index contributed by atoms with van der Waals surface area (Å²) >= 11 is 0. The summed E-state index contributed by atoms with van der Waals surface area (Å²) in [6, 6.07) is 3.11. The van der Waals surface area contributed by atoms with E-state index in [1.165, 1.54) is 12.3 Å². The predicted octanol–water partition coefficient (Wildman–Crippen LogP) is 3.88. The average molecular weight is 472 g/mol. The van der Waals surface area contributed by atoms with Gasteiger partial charge >= 0.3 is 6.09 Å². The number of fused-ring (bicyclic) bond motifs is 2. The quantitative estimate of drug-likeness (QED) is 0.414. The Balaban J connectivity index is 0.000000336. The summed E-state index contributed by atoms with van der Waals surface area (Å²) in [5.41, 5.74) is 8.28. The minimum absolute atomic E-state index is 0.0572. The second kappa shape index (κ2) is 9.64. The van der Waals surface area contributed by atoms with Gasteiger partial charge in [-0.1, -0.05) is 0 Å². The Morgan fingerprint density at radius 2 is 2.12 bits per heavy atom. The first-order valence-corrected chi connectivity index (χ1v) is 10.8. The fourth-order valence-electron chi connectivity index (χ4n) is 4.05. The summed E-state index contributed by atoms with van der Waals surface area (Å²) in [4.78, 5) is 21.1. The number of rotatable bonds is 2. The number of likely N-dealkylation sites (tertiary alicyclic amines) is 1. The molecule has 11 heteroatoms. The van der Waals surface area contributed by atoms with Crippen molar-refractivity contribution in [2.75, 3.05) is 49.7 Å². The molecule has 5 N–H and O–H groups in total. The topological polar surface area (TPSA) is 126 Å². The summed E-state index contributed by atoms with van der Waals surface area (Å²) in [5, 5.41) is 15.2. The zero-order chi connectivity index (χ0) is 24.4. The van der Waals surface area contributed by atoms with Crippen molar-refractivity contribution < 1.29 is 23.4 Å². The Morgan fingerprint density at radius 3 is 2.76 bits per heavy atom. The first-order chi connectivity index (χ1) is 16.2. The minimum Gasteiger partial charge on any atom is -0.474 e. The van der Waals surface area contributed by atoms with Gasteiger partial charge < -0.3 is 25.8 Å². The van der Waals surface area contributed by atoms with Gasteiger partial charge in [-0.15, -0.1) is 0 Å². The lowest BCUT2D eigenvalue weighted by Crippen LogP contribution is -2.20. The van der Waals surface area contributed by atoms with Gasteiger partial charge in [0.1, 0.15) is 24.3 Å². The van der Waals surface area contributed by atoms with Crippen LogP contribution in [0.4, 0.5) is 30.8 Å². The van der Waals surface area contributed by atoms with E-state index in [4.69, 9.17) is 15.6 Å². The third-order valence-electron chi connectivity index (χ3n) is 5.80. The van der Waals surface area contributed by atoms with Crippen molar-refractivity contribution >= 4 is 34.1 Å². The molecule has 2 aliphatic rings. The Hall–Kier alpha value is -3.73. The molecule has 0 bridgehead atoms. The highest BCUT2D eigenvalue weighted by molar-refractivity contribution is 5.99. The lowest BCUT2D eigenvalue weighted by Gasteiger charge is -2.22. The lowest BCUT2D eigenvalue weighted by molar-refractivity contribution is 0.209. The van der Waals surface area contributed by atoms with Gasteiger partial charge in [-0.05, 0) is 43.5 Å². The molecule has 0 radical (unpaired) electrons. The second-order valence-electron chi connectivity index (χ2n) is 8.27. The van der Waals surface area contributed by atoms with Crippen molar-refractivity contribution in [3.63, 3.8) is 0 Å². The fourth-order valence-corrected chi connectivity index (χ4v) is 4.05. The summed E-state index contributed by atoms with van der Waals surface area (Å²) < 4.78 is 32.6. The SMILES string of the molecule is CN1CCC(F)C1.Cc1c(-c2cc3cc(NC(=O)O)ncc3c(N)c2F)cnc2c1NCCO2. The monoisotopic (exact) mass is 472 g/mol. The van der Waals surface area contributed by atoms with Crippen LogP contribution in [0.5, 0.6) is 5.88 Å². The number of nitrogen functional groups attached to an aromatic ring is 1. The largest absolute Gasteiger partial charge is 0.474 e. The maximum absolute atomic E-state index is 15.0. The smallest absolute Gasteiger partial charge is 0.410 e. The number of carbonyl (C=O) groups is 1. The lowest BCUT2D eigenvalue weighted by atomic mass is 9.97. The number of benzene rings is 1. The molecule has 1 saturated heterocycles. The highest BCUT2D eigenvalue weighted by atomic mass is 19.1. The summed E-state index contributed by atoms with van der Waals surface area (Å²) in [6.45, 7) is 4.57. The van der Waals surface area contributed by atoms with Crippen LogP contribution in [0.2, 0.25) is 0 Å². The van der Waals surface area contributed by atoms with Gasteiger partial charge in [0.15, 0.2) is 5.82 Å². The zero-order valence-electron chi connectivity index (χ0n) is 18.9. The fraction of sp³-hybridized carbons (Fsp3) is 0.348. The van der Waals surface area contributed by atoms with Crippen LogP contribution in [0.25, 0.3) is 21.9 Å². The Kier molecular flexibility index (Phi) is 6.64. The highest BCUT2D eigenvalue weighted by Gasteiger charge is 2.21. The van der Waals surface area contributed by atoms with Crippen LogP contribution in [0.3, 0.4) is 0 Å². The zero-order valence-corrected chi connectivity index (χ0v) is 18.9. The molecular formula is C23H26F2N6O3. The summed E-state index contributed by atoms with van der Waals surface area (Å²) in [6.07, 6.45) is 1.83. The molecule has 1 aromatic carbocycles. The number of nitrogens with two attached hydrogens (primary N) is 1. The molecule has 0 spiro atoms. The van der Waals surface area contributed by atoms with E-state index < -0.39 is 18.1 Å². The van der Waals surface area contributed by atoms with Gasteiger partial charge in [0.2, 0.25) is 5.88 Å². The van der Waals surface area contributed by atoms with Crippen molar-refractivity contribution in [1.82, 2.24) is 14.9 Å². The normalized spacial score (nSPS) is 17.2. The van der Waals surface area contributed by atoms with Crippen molar-refractivity contribution in [3.05, 3.63) is 35.9 Å². The molecule has 3 aromatic rings. The maximum atomic E-state index is 15.0. The van der Waals surface area contributed by atoms with E-state index in [2.05, 4.69) is 20.6 Å². The highest BCUT2D eigenvalue weighted by Crippen LogP contribution is 2.39. The van der Waals surface area contributed by atoms with Gasteiger partial charge in [0.05, 0.1) is 5.69 Å². The summed E-state index contributed by atoms with van der Waals surface area (Å²) in [5.74, 6) is 0.0287.